The third kappa shape index (κ3) is 2.48. The molecule has 0 aliphatic carbocycles. The minimum atomic E-state index is 0.0616. The minimum Gasteiger partial charge on any atom is -0.409 e. The highest BCUT2D eigenvalue weighted by molar-refractivity contribution is 5.93. The van der Waals surface area contributed by atoms with Crippen LogP contribution in [0.15, 0.2) is 17.5 Å². The van der Waals surface area contributed by atoms with Gasteiger partial charge < -0.3 is 15.5 Å². The minimum absolute atomic E-state index is 0.0616. The Balaban J connectivity index is 2.63. The summed E-state index contributed by atoms with van der Waals surface area (Å²) in [6.45, 7) is 3.01. The van der Waals surface area contributed by atoms with Crippen molar-refractivity contribution in [1.29, 1.82) is 0 Å². The van der Waals surface area contributed by atoms with Crippen LogP contribution >= 0.6 is 0 Å². The fraction of sp³-hybridized carbons (Fsp3) is 0.556. The summed E-state index contributed by atoms with van der Waals surface area (Å²) in [5, 5.41) is 11.4. The second-order valence-corrected chi connectivity index (χ2v) is 3.14. The molecule has 14 heavy (non-hydrogen) atoms. The van der Waals surface area contributed by atoms with Crippen LogP contribution in [-0.2, 0) is 6.54 Å². The van der Waals surface area contributed by atoms with Gasteiger partial charge in [-0.15, -0.1) is 0 Å². The molecule has 0 radical (unpaired) electrons. The quantitative estimate of drug-likeness (QED) is 0.244. The highest BCUT2D eigenvalue weighted by Gasteiger charge is 2.06. The fourth-order valence-electron chi connectivity index (χ4n) is 1.30. The highest BCUT2D eigenvalue weighted by Crippen LogP contribution is 2.02. The van der Waals surface area contributed by atoms with Crippen molar-refractivity contribution in [2.75, 3.05) is 0 Å². The zero-order valence-corrected chi connectivity index (χ0v) is 8.35. The van der Waals surface area contributed by atoms with Gasteiger partial charge in [0, 0.05) is 18.9 Å². The molecule has 0 unspecified atom stereocenters. The Bertz CT molecular complexity index is 306. The standard InChI is InChI=1S/C9H16N4O/c1-2-3-4-6-13-7-5-11-9(13)8(10)12-14/h5,7,14H,2-4,6H2,1H3,(H2,10,12). The van der Waals surface area contributed by atoms with Gasteiger partial charge >= 0.3 is 0 Å². The monoisotopic (exact) mass is 196 g/mol. The Morgan fingerprint density at radius 1 is 1.64 bits per heavy atom. The van der Waals surface area contributed by atoms with Crippen LogP contribution in [0.4, 0.5) is 0 Å². The van der Waals surface area contributed by atoms with Crippen molar-refractivity contribution in [3.8, 4) is 0 Å². The number of aromatic nitrogens is 2. The van der Waals surface area contributed by atoms with E-state index in [0.717, 1.165) is 13.0 Å². The van der Waals surface area contributed by atoms with E-state index in [1.807, 2.05) is 10.8 Å². The van der Waals surface area contributed by atoms with Gasteiger partial charge in [0.15, 0.2) is 5.82 Å². The summed E-state index contributed by atoms with van der Waals surface area (Å²) < 4.78 is 1.89. The van der Waals surface area contributed by atoms with Gasteiger partial charge in [-0.3, -0.25) is 0 Å². The van der Waals surface area contributed by atoms with E-state index in [1.54, 1.807) is 6.20 Å². The summed E-state index contributed by atoms with van der Waals surface area (Å²) >= 11 is 0. The van der Waals surface area contributed by atoms with Crippen LogP contribution in [0.1, 0.15) is 32.0 Å². The van der Waals surface area contributed by atoms with Crippen molar-refractivity contribution < 1.29 is 5.21 Å². The molecule has 0 aliphatic heterocycles. The average molecular weight is 196 g/mol. The predicted molar refractivity (Wildman–Crippen MR) is 54.3 cm³/mol. The molecule has 0 aliphatic rings. The second-order valence-electron chi connectivity index (χ2n) is 3.14. The molecular formula is C9H16N4O. The Hall–Kier alpha value is -1.52. The maximum Gasteiger partial charge on any atom is 0.206 e. The van der Waals surface area contributed by atoms with Gasteiger partial charge in [-0.05, 0) is 6.42 Å². The molecule has 1 aromatic heterocycles. The van der Waals surface area contributed by atoms with E-state index in [2.05, 4.69) is 17.1 Å². The first-order chi connectivity index (χ1) is 6.79. The first-order valence-electron chi connectivity index (χ1n) is 4.78. The summed E-state index contributed by atoms with van der Waals surface area (Å²) in [6.07, 6.45) is 6.92. The van der Waals surface area contributed by atoms with Gasteiger partial charge in [-0.1, -0.05) is 24.9 Å². The zero-order chi connectivity index (χ0) is 10.4. The van der Waals surface area contributed by atoms with Crippen molar-refractivity contribution in [2.45, 2.75) is 32.7 Å². The summed E-state index contributed by atoms with van der Waals surface area (Å²) in [6, 6.07) is 0. The van der Waals surface area contributed by atoms with Crippen molar-refractivity contribution in [3.05, 3.63) is 18.2 Å². The molecular weight excluding hydrogens is 180 g/mol. The smallest absolute Gasteiger partial charge is 0.206 e. The molecule has 0 saturated carbocycles. The lowest BCUT2D eigenvalue weighted by Crippen LogP contribution is -2.19. The van der Waals surface area contributed by atoms with Crippen LogP contribution in [0.5, 0.6) is 0 Å². The maximum atomic E-state index is 8.51. The molecule has 5 heteroatoms. The number of rotatable bonds is 5. The molecule has 78 valence electrons. The maximum absolute atomic E-state index is 8.51. The van der Waals surface area contributed by atoms with Gasteiger partial charge in [0.25, 0.3) is 0 Å². The topological polar surface area (TPSA) is 76.4 Å². The average Bonchev–Trinajstić information content (AvgIpc) is 2.65. The highest BCUT2D eigenvalue weighted by atomic mass is 16.4. The Morgan fingerprint density at radius 2 is 2.43 bits per heavy atom. The number of hydrogen-bond acceptors (Lipinski definition) is 3. The molecule has 3 N–H and O–H groups in total. The Kier molecular flexibility index (Phi) is 3.97. The number of nitrogens with zero attached hydrogens (tertiary/aromatic N) is 3. The third-order valence-corrected chi connectivity index (χ3v) is 2.05. The molecule has 1 rings (SSSR count). The van der Waals surface area contributed by atoms with Crippen LogP contribution in [0.3, 0.4) is 0 Å². The van der Waals surface area contributed by atoms with Crippen molar-refractivity contribution in [2.24, 2.45) is 10.9 Å². The molecule has 5 nitrogen and oxygen atoms in total. The lowest BCUT2D eigenvalue weighted by Gasteiger charge is -2.05. The van der Waals surface area contributed by atoms with Crippen molar-refractivity contribution in [3.63, 3.8) is 0 Å². The van der Waals surface area contributed by atoms with E-state index in [9.17, 15) is 0 Å². The van der Waals surface area contributed by atoms with Gasteiger partial charge in [0.05, 0.1) is 0 Å². The van der Waals surface area contributed by atoms with E-state index in [-0.39, 0.29) is 5.84 Å². The van der Waals surface area contributed by atoms with E-state index in [4.69, 9.17) is 10.9 Å². The first-order valence-corrected chi connectivity index (χ1v) is 4.78. The SMILES string of the molecule is CCCCCn1ccnc1C(N)=NO. The van der Waals surface area contributed by atoms with E-state index < -0.39 is 0 Å². The first kappa shape index (κ1) is 10.6. The lowest BCUT2D eigenvalue weighted by molar-refractivity contribution is 0.318. The van der Waals surface area contributed by atoms with Crippen LogP contribution in [-0.4, -0.2) is 20.6 Å². The number of unbranched alkanes of at least 4 members (excludes halogenated alkanes) is 2. The summed E-state index contributed by atoms with van der Waals surface area (Å²) in [4.78, 5) is 4.01. The summed E-state index contributed by atoms with van der Waals surface area (Å²) in [5.74, 6) is 0.593. The van der Waals surface area contributed by atoms with Crippen molar-refractivity contribution in [1.82, 2.24) is 9.55 Å². The molecule has 0 saturated heterocycles. The van der Waals surface area contributed by atoms with Crippen LogP contribution in [0.2, 0.25) is 0 Å². The van der Waals surface area contributed by atoms with Crippen LogP contribution in [0, 0.1) is 0 Å². The second kappa shape index (κ2) is 5.26. The van der Waals surface area contributed by atoms with E-state index in [1.165, 1.54) is 12.8 Å². The largest absolute Gasteiger partial charge is 0.409 e. The predicted octanol–water partition coefficient (Wildman–Crippen LogP) is 1.17. The normalized spacial score (nSPS) is 11.9. The molecule has 0 fully saturated rings. The molecule has 0 atom stereocenters. The summed E-state index contributed by atoms with van der Waals surface area (Å²) in [5.41, 5.74) is 5.46. The zero-order valence-electron chi connectivity index (χ0n) is 8.35. The number of imidazole rings is 1. The molecule has 0 amide bonds. The molecule has 0 spiro atoms. The molecule has 0 bridgehead atoms. The number of oxime groups is 1. The van der Waals surface area contributed by atoms with Crippen LogP contribution < -0.4 is 5.73 Å². The molecule has 1 aromatic rings. The number of nitrogens with two attached hydrogens (primary N) is 1. The molecule has 0 aromatic carbocycles. The van der Waals surface area contributed by atoms with Gasteiger partial charge in [0.1, 0.15) is 0 Å². The van der Waals surface area contributed by atoms with E-state index >= 15 is 0 Å². The number of aryl methyl sites for hydroxylation is 1. The van der Waals surface area contributed by atoms with Gasteiger partial charge in [-0.25, -0.2) is 4.98 Å². The van der Waals surface area contributed by atoms with Gasteiger partial charge in [0.2, 0.25) is 5.84 Å². The van der Waals surface area contributed by atoms with Crippen LogP contribution in [0.25, 0.3) is 0 Å². The Labute approximate surface area is 83.2 Å². The lowest BCUT2D eigenvalue weighted by atomic mass is 10.2. The number of hydrogen-bond donors (Lipinski definition) is 2. The fourth-order valence-corrected chi connectivity index (χ4v) is 1.30. The van der Waals surface area contributed by atoms with E-state index in [0.29, 0.717) is 5.82 Å². The van der Waals surface area contributed by atoms with Gasteiger partial charge in [-0.2, -0.15) is 0 Å². The van der Waals surface area contributed by atoms with Crippen molar-refractivity contribution >= 4 is 5.84 Å². The third-order valence-electron chi connectivity index (χ3n) is 2.05. The summed E-state index contributed by atoms with van der Waals surface area (Å²) in [7, 11) is 0. The Morgan fingerprint density at radius 3 is 3.07 bits per heavy atom. The number of amidine groups is 1. The molecule has 1 heterocycles.